The van der Waals surface area contributed by atoms with Gasteiger partial charge in [0.15, 0.2) is 0 Å². The molecule has 25 heavy (non-hydrogen) atoms. The number of benzene rings is 1. The number of hydrogen-bond acceptors (Lipinski definition) is 5. The highest BCUT2D eigenvalue weighted by atomic mass is 16.5. The lowest BCUT2D eigenvalue weighted by atomic mass is 10.1. The fraction of sp³-hybridized carbons (Fsp3) is 0.316. The molecule has 1 aliphatic heterocycles. The molecule has 1 aromatic heterocycles. The molecule has 6 nitrogen and oxygen atoms in total. The number of carbonyl (C=O) groups excluding carboxylic acids is 1. The number of amides is 1. The maximum Gasteiger partial charge on any atom is 0.242 e. The van der Waals surface area contributed by atoms with Crippen molar-refractivity contribution in [2.75, 3.05) is 6.61 Å². The van der Waals surface area contributed by atoms with Crippen LogP contribution >= 0.6 is 0 Å². The van der Waals surface area contributed by atoms with Crippen LogP contribution < -0.4 is 10.5 Å². The Hall–Kier alpha value is -2.73. The molecule has 1 unspecified atom stereocenters. The van der Waals surface area contributed by atoms with Gasteiger partial charge in [-0.05, 0) is 44.2 Å². The third kappa shape index (κ3) is 3.69. The van der Waals surface area contributed by atoms with E-state index >= 15 is 0 Å². The highest BCUT2D eigenvalue weighted by molar-refractivity contribution is 5.81. The Morgan fingerprint density at radius 2 is 2.20 bits per heavy atom. The van der Waals surface area contributed by atoms with E-state index in [1.165, 1.54) is 0 Å². The molecule has 2 heterocycles. The van der Waals surface area contributed by atoms with Crippen molar-refractivity contribution in [1.82, 2.24) is 4.90 Å². The van der Waals surface area contributed by atoms with Crippen LogP contribution in [0, 0.1) is 6.92 Å². The number of aryl methyl sites for hydroxylation is 1. The van der Waals surface area contributed by atoms with E-state index in [1.54, 1.807) is 24.1 Å². The number of aliphatic hydroxyl groups is 1. The Kier molecular flexibility index (Phi) is 4.81. The molecule has 3 rings (SSSR count). The lowest BCUT2D eigenvalue weighted by Crippen LogP contribution is -2.53. The largest absolute Gasteiger partial charge is 0.491 e. The van der Waals surface area contributed by atoms with Gasteiger partial charge in [-0.15, -0.1) is 0 Å². The predicted octanol–water partition coefficient (Wildman–Crippen LogP) is 2.11. The second kappa shape index (κ2) is 7.03. The highest BCUT2D eigenvalue weighted by Gasteiger charge is 2.31. The van der Waals surface area contributed by atoms with Crippen LogP contribution in [0.2, 0.25) is 0 Å². The second-order valence-electron chi connectivity index (χ2n) is 6.20. The summed E-state index contributed by atoms with van der Waals surface area (Å²) in [6, 6.07) is 6.56. The third-order valence-corrected chi connectivity index (χ3v) is 4.19. The Bertz CT molecular complexity index is 822. The summed E-state index contributed by atoms with van der Waals surface area (Å²) in [6.45, 7) is 3.77. The van der Waals surface area contributed by atoms with E-state index < -0.39 is 18.1 Å². The third-order valence-electron chi connectivity index (χ3n) is 4.19. The number of furan rings is 1. The quantitative estimate of drug-likeness (QED) is 0.839. The van der Waals surface area contributed by atoms with Crippen LogP contribution in [-0.2, 0) is 4.79 Å². The van der Waals surface area contributed by atoms with Crippen molar-refractivity contribution >= 4 is 16.9 Å². The van der Waals surface area contributed by atoms with Gasteiger partial charge in [0.25, 0.3) is 0 Å². The molecule has 0 saturated carbocycles. The molecule has 0 fully saturated rings. The van der Waals surface area contributed by atoms with Gasteiger partial charge in [-0.25, -0.2) is 0 Å². The van der Waals surface area contributed by atoms with E-state index in [0.717, 1.165) is 16.7 Å². The first-order valence-corrected chi connectivity index (χ1v) is 8.18. The van der Waals surface area contributed by atoms with Crippen molar-refractivity contribution < 1.29 is 19.1 Å². The molecule has 3 atom stereocenters. The van der Waals surface area contributed by atoms with Gasteiger partial charge >= 0.3 is 0 Å². The summed E-state index contributed by atoms with van der Waals surface area (Å²) in [5.41, 5.74) is 6.27. The highest BCUT2D eigenvalue weighted by Crippen LogP contribution is 2.25. The van der Waals surface area contributed by atoms with Crippen molar-refractivity contribution in [2.24, 2.45) is 5.73 Å². The van der Waals surface area contributed by atoms with Gasteiger partial charge in [0.05, 0.1) is 12.1 Å². The van der Waals surface area contributed by atoms with Crippen LogP contribution in [0.1, 0.15) is 12.7 Å². The zero-order valence-corrected chi connectivity index (χ0v) is 14.3. The monoisotopic (exact) mass is 342 g/mol. The summed E-state index contributed by atoms with van der Waals surface area (Å²) in [7, 11) is 0. The van der Waals surface area contributed by atoms with Crippen LogP contribution in [0.15, 0.2) is 53.1 Å². The molecule has 0 aliphatic carbocycles. The van der Waals surface area contributed by atoms with Gasteiger partial charge in [0.2, 0.25) is 5.91 Å². The summed E-state index contributed by atoms with van der Waals surface area (Å²) in [5.74, 6) is 0.985. The number of nitrogens with two attached hydrogens (primary N) is 1. The molecule has 0 bridgehead atoms. The van der Waals surface area contributed by atoms with Crippen LogP contribution in [-0.4, -0.2) is 40.7 Å². The molecule has 0 saturated heterocycles. The fourth-order valence-electron chi connectivity index (χ4n) is 3.05. The van der Waals surface area contributed by atoms with Crippen molar-refractivity contribution in [1.29, 1.82) is 0 Å². The summed E-state index contributed by atoms with van der Waals surface area (Å²) in [4.78, 5) is 13.4. The molecular formula is C19H22N2O4. The number of hydrogen-bond donors (Lipinski definition) is 2. The molecule has 3 N–H and O–H groups in total. The van der Waals surface area contributed by atoms with Crippen molar-refractivity contribution in [3.8, 4) is 5.75 Å². The van der Waals surface area contributed by atoms with E-state index in [1.807, 2.05) is 43.3 Å². The minimum atomic E-state index is -0.888. The summed E-state index contributed by atoms with van der Waals surface area (Å²) in [6.07, 6.45) is 6.46. The van der Waals surface area contributed by atoms with Crippen LogP contribution in [0.25, 0.3) is 11.0 Å². The van der Waals surface area contributed by atoms with Crippen LogP contribution in [0.5, 0.6) is 5.75 Å². The van der Waals surface area contributed by atoms with Gasteiger partial charge in [-0.2, -0.15) is 0 Å². The molecule has 1 aliphatic rings. The number of aliphatic hydroxyl groups excluding tert-OH is 1. The number of ether oxygens (including phenoxy) is 1. The Balaban J connectivity index is 1.74. The van der Waals surface area contributed by atoms with E-state index in [9.17, 15) is 9.90 Å². The van der Waals surface area contributed by atoms with Crippen molar-refractivity contribution in [2.45, 2.75) is 32.0 Å². The molecular weight excluding hydrogens is 320 g/mol. The van der Waals surface area contributed by atoms with Gasteiger partial charge in [0, 0.05) is 11.6 Å². The van der Waals surface area contributed by atoms with Crippen molar-refractivity contribution in [3.63, 3.8) is 0 Å². The number of fused-ring (bicyclic) bond motifs is 1. The zero-order chi connectivity index (χ0) is 18.0. The normalized spacial score (nSPS) is 19.2. The van der Waals surface area contributed by atoms with E-state index in [2.05, 4.69) is 0 Å². The van der Waals surface area contributed by atoms with E-state index in [4.69, 9.17) is 14.9 Å². The minimum Gasteiger partial charge on any atom is -0.491 e. The van der Waals surface area contributed by atoms with Gasteiger partial charge in [-0.3, -0.25) is 4.79 Å². The predicted molar refractivity (Wildman–Crippen MR) is 95.0 cm³/mol. The number of rotatable bonds is 6. The molecule has 2 aromatic rings. The first kappa shape index (κ1) is 17.1. The minimum absolute atomic E-state index is 0.209. The summed E-state index contributed by atoms with van der Waals surface area (Å²) >= 11 is 0. The average molecular weight is 342 g/mol. The molecule has 0 spiro atoms. The van der Waals surface area contributed by atoms with E-state index in [0.29, 0.717) is 12.4 Å². The Morgan fingerprint density at radius 3 is 2.92 bits per heavy atom. The first-order chi connectivity index (χ1) is 12.0. The topological polar surface area (TPSA) is 88.9 Å². The standard InChI is InChI=1S/C19H22N2O4/c1-12-9-14-10-16(6-7-17(14)25-12)24-11-15-5-3-4-8-21(15)18(13(2)22)19(20)23/h3-10,13,15,18,22H,11H2,1-2H3,(H2,20,23)/t13-,15?,18+/m1/s1. The smallest absolute Gasteiger partial charge is 0.242 e. The van der Waals surface area contributed by atoms with Gasteiger partial charge in [-0.1, -0.05) is 12.2 Å². The maximum absolute atomic E-state index is 11.7. The number of allylic oxidation sites excluding steroid dienone is 2. The Morgan fingerprint density at radius 1 is 1.40 bits per heavy atom. The molecule has 6 heteroatoms. The zero-order valence-electron chi connectivity index (χ0n) is 14.3. The average Bonchev–Trinajstić information content (AvgIpc) is 2.92. The summed E-state index contributed by atoms with van der Waals surface area (Å²) in [5, 5.41) is 10.9. The Labute approximate surface area is 146 Å². The summed E-state index contributed by atoms with van der Waals surface area (Å²) < 4.78 is 11.5. The molecule has 1 aromatic carbocycles. The first-order valence-electron chi connectivity index (χ1n) is 8.18. The van der Waals surface area contributed by atoms with E-state index in [-0.39, 0.29) is 6.04 Å². The number of primary amides is 1. The number of carbonyl (C=O) groups is 1. The lowest BCUT2D eigenvalue weighted by molar-refractivity contribution is -0.126. The molecule has 132 valence electrons. The maximum atomic E-state index is 11.7. The van der Waals surface area contributed by atoms with Crippen LogP contribution in [0.4, 0.5) is 0 Å². The van der Waals surface area contributed by atoms with Gasteiger partial charge in [0.1, 0.15) is 29.7 Å². The van der Waals surface area contributed by atoms with Gasteiger partial charge < -0.3 is 24.9 Å². The fourth-order valence-corrected chi connectivity index (χ4v) is 3.05. The molecule has 0 radical (unpaired) electrons. The number of nitrogens with zero attached hydrogens (tertiary/aromatic N) is 1. The molecule has 1 amide bonds. The SMILES string of the molecule is Cc1cc2cc(OCC3C=CC=CN3[C@H](C(N)=O)[C@@H](C)O)ccc2o1. The van der Waals surface area contributed by atoms with Crippen LogP contribution in [0.3, 0.4) is 0 Å². The lowest BCUT2D eigenvalue weighted by Gasteiger charge is -2.36. The van der Waals surface area contributed by atoms with Crippen molar-refractivity contribution in [3.05, 3.63) is 54.5 Å². The second-order valence-corrected chi connectivity index (χ2v) is 6.20.